The van der Waals surface area contributed by atoms with E-state index in [2.05, 4.69) is 4.74 Å². The van der Waals surface area contributed by atoms with E-state index >= 15 is 0 Å². The maximum Gasteiger partial charge on any atom is 0.324 e. The van der Waals surface area contributed by atoms with Gasteiger partial charge in [-0.2, -0.15) is 0 Å². The molecule has 0 saturated carbocycles. The molecule has 1 N–H and O–H groups in total. The molecule has 94 valence electrons. The van der Waals surface area contributed by atoms with Crippen LogP contribution >= 0.6 is 0 Å². The first-order chi connectivity index (χ1) is 8.52. The highest BCUT2D eigenvalue weighted by Gasteiger charge is 2.54. The van der Waals surface area contributed by atoms with Crippen molar-refractivity contribution in [1.29, 1.82) is 0 Å². The summed E-state index contributed by atoms with van der Waals surface area (Å²) in [5, 5.41) is 8.97. The van der Waals surface area contributed by atoms with Gasteiger partial charge in [-0.25, -0.2) is 0 Å². The summed E-state index contributed by atoms with van der Waals surface area (Å²) in [5.41, 5.74) is -0.546. The Labute approximate surface area is 103 Å². The Hall–Kier alpha value is -2.17. The van der Waals surface area contributed by atoms with Gasteiger partial charge < -0.3 is 9.84 Å². The SMILES string of the molecule is COC(=O)C1(CC(=O)O)C(=O)Cc2ccccc21. The summed E-state index contributed by atoms with van der Waals surface area (Å²) in [4.78, 5) is 35.0. The summed E-state index contributed by atoms with van der Waals surface area (Å²) in [6.45, 7) is 0. The van der Waals surface area contributed by atoms with E-state index in [-0.39, 0.29) is 6.42 Å². The van der Waals surface area contributed by atoms with Crippen LogP contribution in [0.25, 0.3) is 0 Å². The Morgan fingerprint density at radius 3 is 2.67 bits per heavy atom. The van der Waals surface area contributed by atoms with Crippen molar-refractivity contribution in [3.05, 3.63) is 35.4 Å². The Balaban J connectivity index is 2.63. The van der Waals surface area contributed by atoms with Gasteiger partial charge in [-0.1, -0.05) is 24.3 Å². The Morgan fingerprint density at radius 1 is 1.39 bits per heavy atom. The normalized spacial score (nSPS) is 21.5. The number of hydrogen-bond acceptors (Lipinski definition) is 4. The maximum absolute atomic E-state index is 12.1. The molecule has 0 fully saturated rings. The van der Waals surface area contributed by atoms with Crippen LogP contribution in [-0.4, -0.2) is 29.9 Å². The fourth-order valence-electron chi connectivity index (χ4n) is 2.46. The molecular formula is C13H12O5. The summed E-state index contributed by atoms with van der Waals surface area (Å²) >= 11 is 0. The summed E-state index contributed by atoms with van der Waals surface area (Å²) < 4.78 is 4.64. The molecule has 5 nitrogen and oxygen atoms in total. The molecule has 1 aliphatic carbocycles. The van der Waals surface area contributed by atoms with Gasteiger partial charge in [0.1, 0.15) is 0 Å². The second kappa shape index (κ2) is 4.25. The van der Waals surface area contributed by atoms with Gasteiger partial charge >= 0.3 is 11.9 Å². The lowest BCUT2D eigenvalue weighted by molar-refractivity contribution is -0.156. The summed E-state index contributed by atoms with van der Waals surface area (Å²) in [7, 11) is 1.15. The van der Waals surface area contributed by atoms with E-state index in [1.165, 1.54) is 0 Å². The molecule has 1 unspecified atom stereocenters. The molecule has 0 saturated heterocycles. The molecule has 1 aromatic carbocycles. The van der Waals surface area contributed by atoms with Crippen molar-refractivity contribution >= 4 is 17.7 Å². The molecule has 18 heavy (non-hydrogen) atoms. The average molecular weight is 248 g/mol. The van der Waals surface area contributed by atoms with Gasteiger partial charge in [0.25, 0.3) is 0 Å². The lowest BCUT2D eigenvalue weighted by Crippen LogP contribution is -2.43. The first kappa shape index (κ1) is 12.3. The van der Waals surface area contributed by atoms with Gasteiger partial charge in [-0.05, 0) is 11.1 Å². The molecule has 0 spiro atoms. The smallest absolute Gasteiger partial charge is 0.324 e. The van der Waals surface area contributed by atoms with Crippen molar-refractivity contribution in [3.8, 4) is 0 Å². The summed E-state index contributed by atoms with van der Waals surface area (Å²) in [6, 6.07) is 6.76. The number of carbonyl (C=O) groups is 3. The van der Waals surface area contributed by atoms with Crippen LogP contribution in [0.2, 0.25) is 0 Å². The van der Waals surface area contributed by atoms with E-state index in [4.69, 9.17) is 5.11 Å². The van der Waals surface area contributed by atoms with Gasteiger partial charge in [0, 0.05) is 6.42 Å². The van der Waals surface area contributed by atoms with Crippen LogP contribution in [0.1, 0.15) is 17.5 Å². The predicted molar refractivity (Wildman–Crippen MR) is 61.1 cm³/mol. The lowest BCUT2D eigenvalue weighted by atomic mass is 9.78. The van der Waals surface area contributed by atoms with Crippen molar-refractivity contribution in [2.45, 2.75) is 18.3 Å². The fraction of sp³-hybridized carbons (Fsp3) is 0.308. The molecule has 0 amide bonds. The molecule has 0 heterocycles. The Kier molecular flexibility index (Phi) is 2.90. The summed E-state index contributed by atoms with van der Waals surface area (Å²) in [5.74, 6) is -2.43. The molecule has 1 aromatic rings. The number of methoxy groups -OCH3 is 1. The largest absolute Gasteiger partial charge is 0.481 e. The number of hydrogen-bond donors (Lipinski definition) is 1. The standard InChI is InChI=1S/C13H12O5/c1-18-12(17)13(7-11(15)16)9-5-3-2-4-8(9)6-10(13)14/h2-5H,6-7H2,1H3,(H,15,16). The van der Waals surface area contributed by atoms with Gasteiger partial charge in [0.2, 0.25) is 0 Å². The number of carboxylic acid groups (broad SMARTS) is 1. The Bertz CT molecular complexity index is 524. The highest BCUT2D eigenvalue weighted by Crippen LogP contribution is 2.40. The van der Waals surface area contributed by atoms with E-state index in [9.17, 15) is 14.4 Å². The van der Waals surface area contributed by atoms with Gasteiger partial charge in [-0.3, -0.25) is 14.4 Å². The number of carbonyl (C=O) groups excluding carboxylic acids is 2. The monoisotopic (exact) mass is 248 g/mol. The van der Waals surface area contributed by atoms with Crippen molar-refractivity contribution in [1.82, 2.24) is 0 Å². The van der Waals surface area contributed by atoms with Crippen molar-refractivity contribution in [2.24, 2.45) is 0 Å². The zero-order valence-electron chi connectivity index (χ0n) is 9.80. The maximum atomic E-state index is 12.1. The molecule has 0 aliphatic heterocycles. The molecule has 0 radical (unpaired) electrons. The third-order valence-electron chi connectivity index (χ3n) is 3.25. The van der Waals surface area contributed by atoms with Crippen LogP contribution in [0.4, 0.5) is 0 Å². The molecule has 1 aliphatic rings. The van der Waals surface area contributed by atoms with Crippen molar-refractivity contribution < 1.29 is 24.2 Å². The highest BCUT2D eigenvalue weighted by atomic mass is 16.5. The third kappa shape index (κ3) is 1.59. The molecular weight excluding hydrogens is 236 g/mol. The number of carboxylic acids is 1. The second-order valence-corrected chi connectivity index (χ2v) is 4.22. The van der Waals surface area contributed by atoms with E-state index in [0.717, 1.165) is 7.11 Å². The van der Waals surface area contributed by atoms with Crippen LogP contribution in [0.5, 0.6) is 0 Å². The fourth-order valence-corrected chi connectivity index (χ4v) is 2.46. The minimum atomic E-state index is -1.68. The van der Waals surface area contributed by atoms with Crippen molar-refractivity contribution in [2.75, 3.05) is 7.11 Å². The second-order valence-electron chi connectivity index (χ2n) is 4.22. The zero-order chi connectivity index (χ0) is 13.3. The van der Waals surface area contributed by atoms with Gasteiger partial charge in [0.05, 0.1) is 13.5 Å². The molecule has 0 bridgehead atoms. The Morgan fingerprint density at radius 2 is 2.06 bits per heavy atom. The van der Waals surface area contributed by atoms with Crippen LogP contribution in [0, 0.1) is 0 Å². The number of fused-ring (bicyclic) bond motifs is 1. The summed E-state index contributed by atoms with van der Waals surface area (Å²) in [6.07, 6.45) is -0.506. The predicted octanol–water partition coefficient (Wildman–Crippen LogP) is 0.697. The molecule has 2 rings (SSSR count). The van der Waals surface area contributed by atoms with E-state index in [1.54, 1.807) is 24.3 Å². The number of aliphatic carboxylic acids is 1. The average Bonchev–Trinajstić information content (AvgIpc) is 2.62. The first-order valence-electron chi connectivity index (χ1n) is 5.44. The topological polar surface area (TPSA) is 80.7 Å². The number of ketones is 1. The number of Topliss-reactive ketones (excluding diaryl/α,β-unsaturated/α-hetero) is 1. The number of ether oxygens (including phenoxy) is 1. The van der Waals surface area contributed by atoms with Crippen LogP contribution in [0.3, 0.4) is 0 Å². The van der Waals surface area contributed by atoms with E-state index < -0.39 is 29.6 Å². The van der Waals surface area contributed by atoms with Gasteiger partial charge in [0.15, 0.2) is 11.2 Å². The van der Waals surface area contributed by atoms with Crippen LogP contribution in [-0.2, 0) is 31.0 Å². The molecule has 5 heteroatoms. The number of benzene rings is 1. The third-order valence-corrected chi connectivity index (χ3v) is 3.25. The highest BCUT2D eigenvalue weighted by molar-refractivity contribution is 6.15. The minimum absolute atomic E-state index is 0.0680. The number of rotatable bonds is 3. The lowest BCUT2D eigenvalue weighted by Gasteiger charge is -2.23. The number of esters is 1. The zero-order valence-corrected chi connectivity index (χ0v) is 9.80. The van der Waals surface area contributed by atoms with E-state index in [1.807, 2.05) is 0 Å². The quantitative estimate of drug-likeness (QED) is 0.629. The van der Waals surface area contributed by atoms with E-state index in [0.29, 0.717) is 11.1 Å². The molecule has 0 aromatic heterocycles. The molecule has 1 atom stereocenters. The van der Waals surface area contributed by atoms with Crippen LogP contribution < -0.4 is 0 Å². The van der Waals surface area contributed by atoms with Gasteiger partial charge in [-0.15, -0.1) is 0 Å². The van der Waals surface area contributed by atoms with Crippen LogP contribution in [0.15, 0.2) is 24.3 Å². The van der Waals surface area contributed by atoms with Crippen molar-refractivity contribution in [3.63, 3.8) is 0 Å². The first-order valence-corrected chi connectivity index (χ1v) is 5.44. The minimum Gasteiger partial charge on any atom is -0.481 e.